The highest BCUT2D eigenvalue weighted by Gasteiger charge is 2.35. The highest BCUT2D eigenvalue weighted by molar-refractivity contribution is 5.87. The minimum Gasteiger partial charge on any atom is -0.309 e. The van der Waals surface area contributed by atoms with E-state index in [1.54, 1.807) is 6.07 Å². The number of nitrogens with zero attached hydrogens (tertiary/aromatic N) is 1. The highest BCUT2D eigenvalue weighted by atomic mass is 19.1. The molecular formula is C19H24FN. The summed E-state index contributed by atoms with van der Waals surface area (Å²) in [7, 11) is 4.28. The third-order valence-electron chi connectivity index (χ3n) is 4.87. The molecule has 0 radical (unpaired) electrons. The second-order valence-electron chi connectivity index (χ2n) is 6.72. The first-order chi connectivity index (χ1) is 10.1. The molecule has 0 spiro atoms. The molecule has 0 N–H and O–H groups in total. The van der Waals surface area contributed by atoms with Crippen LogP contribution in [0.4, 0.5) is 4.39 Å². The van der Waals surface area contributed by atoms with Crippen LogP contribution in [0.2, 0.25) is 0 Å². The van der Waals surface area contributed by atoms with Crippen molar-refractivity contribution in [2.24, 2.45) is 0 Å². The van der Waals surface area contributed by atoms with Gasteiger partial charge in [-0.25, -0.2) is 4.39 Å². The predicted molar refractivity (Wildman–Crippen MR) is 87.2 cm³/mol. The molecule has 2 aromatic carbocycles. The summed E-state index contributed by atoms with van der Waals surface area (Å²) in [5.41, 5.74) is 1.52. The van der Waals surface area contributed by atoms with Gasteiger partial charge in [0.15, 0.2) is 0 Å². The van der Waals surface area contributed by atoms with E-state index < -0.39 is 0 Å². The zero-order chi connectivity index (χ0) is 14.9. The van der Waals surface area contributed by atoms with Gasteiger partial charge < -0.3 is 4.90 Å². The van der Waals surface area contributed by atoms with E-state index in [1.165, 1.54) is 37.7 Å². The lowest BCUT2D eigenvalue weighted by atomic mass is 9.68. The second kappa shape index (κ2) is 5.76. The molecule has 0 aliphatic heterocycles. The van der Waals surface area contributed by atoms with Crippen LogP contribution in [0.5, 0.6) is 0 Å². The molecule has 1 saturated carbocycles. The summed E-state index contributed by atoms with van der Waals surface area (Å²) >= 11 is 0. The number of halogens is 1. The van der Waals surface area contributed by atoms with Crippen molar-refractivity contribution >= 4 is 10.8 Å². The van der Waals surface area contributed by atoms with Crippen molar-refractivity contribution < 1.29 is 4.39 Å². The second-order valence-corrected chi connectivity index (χ2v) is 6.72. The van der Waals surface area contributed by atoms with Crippen molar-refractivity contribution in [3.05, 3.63) is 47.8 Å². The molecule has 1 aliphatic rings. The van der Waals surface area contributed by atoms with Crippen molar-refractivity contribution in [2.75, 3.05) is 20.6 Å². The molecule has 0 aromatic heterocycles. The van der Waals surface area contributed by atoms with Crippen LogP contribution in [0, 0.1) is 5.82 Å². The van der Waals surface area contributed by atoms with E-state index >= 15 is 0 Å². The molecule has 1 nitrogen and oxygen atoms in total. The van der Waals surface area contributed by atoms with E-state index in [1.807, 2.05) is 24.3 Å². The molecule has 1 fully saturated rings. The monoisotopic (exact) mass is 285 g/mol. The first kappa shape index (κ1) is 14.5. The van der Waals surface area contributed by atoms with Crippen molar-refractivity contribution in [1.29, 1.82) is 0 Å². The van der Waals surface area contributed by atoms with E-state index in [0.717, 1.165) is 17.3 Å². The van der Waals surface area contributed by atoms with Crippen LogP contribution in [0.15, 0.2) is 36.4 Å². The summed E-state index contributed by atoms with van der Waals surface area (Å²) in [6.45, 7) is 1.04. The minimum absolute atomic E-state index is 0.106. The highest BCUT2D eigenvalue weighted by Crippen LogP contribution is 2.43. The average molecular weight is 285 g/mol. The first-order valence-corrected chi connectivity index (χ1v) is 7.95. The van der Waals surface area contributed by atoms with E-state index in [0.29, 0.717) is 0 Å². The Balaban J connectivity index is 2.17. The molecule has 21 heavy (non-hydrogen) atoms. The fraction of sp³-hybridized carbons (Fsp3) is 0.474. The van der Waals surface area contributed by atoms with E-state index in [9.17, 15) is 4.39 Å². The van der Waals surface area contributed by atoms with Crippen LogP contribution in [0.25, 0.3) is 10.8 Å². The number of hydrogen-bond donors (Lipinski definition) is 0. The normalized spacial score (nSPS) is 18.3. The number of fused-ring (bicyclic) bond motifs is 1. The minimum atomic E-state index is -0.106. The third kappa shape index (κ3) is 2.69. The largest absolute Gasteiger partial charge is 0.309 e. The fourth-order valence-electron chi connectivity index (χ4n) is 4.07. The maximum Gasteiger partial charge on any atom is 0.131 e. The Morgan fingerprint density at radius 3 is 2.29 bits per heavy atom. The Kier molecular flexibility index (Phi) is 3.99. The maximum atomic E-state index is 14.1. The number of likely N-dealkylation sites (N-methyl/N-ethyl adjacent to an activating group) is 1. The maximum absolute atomic E-state index is 14.1. The molecule has 0 bridgehead atoms. The first-order valence-electron chi connectivity index (χ1n) is 7.95. The topological polar surface area (TPSA) is 3.24 Å². The Morgan fingerprint density at radius 1 is 0.952 bits per heavy atom. The summed E-state index contributed by atoms with van der Waals surface area (Å²) in [6.07, 6.45) is 6.30. The van der Waals surface area contributed by atoms with Crippen molar-refractivity contribution in [3.63, 3.8) is 0 Å². The molecule has 0 amide bonds. The van der Waals surface area contributed by atoms with Gasteiger partial charge in [-0.2, -0.15) is 0 Å². The van der Waals surface area contributed by atoms with Crippen molar-refractivity contribution in [3.8, 4) is 0 Å². The fourth-order valence-corrected chi connectivity index (χ4v) is 4.07. The quantitative estimate of drug-likeness (QED) is 0.787. The molecule has 0 atom stereocenters. The van der Waals surface area contributed by atoms with E-state index in [4.69, 9.17) is 0 Å². The van der Waals surface area contributed by atoms with Gasteiger partial charge in [-0.05, 0) is 44.0 Å². The Labute approximate surface area is 126 Å². The average Bonchev–Trinajstić information content (AvgIpc) is 2.48. The van der Waals surface area contributed by atoms with Gasteiger partial charge in [-0.3, -0.25) is 0 Å². The predicted octanol–water partition coefficient (Wildman–Crippen LogP) is 4.74. The zero-order valence-corrected chi connectivity index (χ0v) is 13.0. The Hall–Kier alpha value is -1.41. The summed E-state index contributed by atoms with van der Waals surface area (Å²) in [5, 5.41) is 1.86. The molecule has 0 unspecified atom stereocenters. The molecular weight excluding hydrogens is 261 g/mol. The lowest BCUT2D eigenvalue weighted by Gasteiger charge is -2.40. The number of rotatable bonds is 3. The van der Waals surface area contributed by atoms with Gasteiger partial charge in [0, 0.05) is 17.3 Å². The molecule has 3 rings (SSSR count). The zero-order valence-electron chi connectivity index (χ0n) is 13.0. The molecule has 112 valence electrons. The smallest absolute Gasteiger partial charge is 0.131 e. The van der Waals surface area contributed by atoms with E-state index in [2.05, 4.69) is 25.1 Å². The Morgan fingerprint density at radius 2 is 1.62 bits per heavy atom. The molecule has 2 aromatic rings. The summed E-state index contributed by atoms with van der Waals surface area (Å²) in [4.78, 5) is 2.28. The lowest BCUT2D eigenvalue weighted by Crippen LogP contribution is -2.39. The van der Waals surface area contributed by atoms with Crippen LogP contribution in [0.1, 0.15) is 37.7 Å². The van der Waals surface area contributed by atoms with E-state index in [-0.39, 0.29) is 11.2 Å². The van der Waals surface area contributed by atoms with Crippen LogP contribution < -0.4 is 0 Å². The molecule has 2 heteroatoms. The van der Waals surface area contributed by atoms with Gasteiger partial charge in [0.05, 0.1) is 0 Å². The van der Waals surface area contributed by atoms with Gasteiger partial charge >= 0.3 is 0 Å². The van der Waals surface area contributed by atoms with Gasteiger partial charge in [-0.1, -0.05) is 49.6 Å². The van der Waals surface area contributed by atoms with Gasteiger partial charge in [0.2, 0.25) is 0 Å². The van der Waals surface area contributed by atoms with Crippen LogP contribution in [-0.2, 0) is 5.41 Å². The Bertz CT molecular complexity index is 626. The number of hydrogen-bond acceptors (Lipinski definition) is 1. The standard InChI is InChI=1S/C19H24FN/c1-21(2)14-19(12-6-3-7-13-19)17-10-11-18(20)16-9-5-4-8-15(16)17/h4-5,8-11H,3,6-7,12-14H2,1-2H3. The van der Waals surface area contributed by atoms with Crippen molar-refractivity contribution in [1.82, 2.24) is 4.90 Å². The molecule has 0 saturated heterocycles. The summed E-state index contributed by atoms with van der Waals surface area (Å²) in [5.74, 6) is -0.106. The van der Waals surface area contributed by atoms with Gasteiger partial charge in [-0.15, -0.1) is 0 Å². The van der Waals surface area contributed by atoms with Gasteiger partial charge in [0.25, 0.3) is 0 Å². The number of benzene rings is 2. The van der Waals surface area contributed by atoms with Crippen LogP contribution in [-0.4, -0.2) is 25.5 Å². The summed E-state index contributed by atoms with van der Waals surface area (Å²) < 4.78 is 14.1. The molecule has 1 aliphatic carbocycles. The summed E-state index contributed by atoms with van der Waals surface area (Å²) in [6, 6.07) is 11.6. The van der Waals surface area contributed by atoms with Crippen molar-refractivity contribution in [2.45, 2.75) is 37.5 Å². The lowest BCUT2D eigenvalue weighted by molar-refractivity contribution is 0.217. The molecule has 0 heterocycles. The third-order valence-corrected chi connectivity index (χ3v) is 4.87. The van der Waals surface area contributed by atoms with Crippen LogP contribution >= 0.6 is 0 Å². The van der Waals surface area contributed by atoms with Gasteiger partial charge in [0.1, 0.15) is 5.82 Å². The SMILES string of the molecule is CN(C)CC1(c2ccc(F)c3ccccc23)CCCCC1. The van der Waals surface area contributed by atoms with Crippen LogP contribution in [0.3, 0.4) is 0 Å².